The molecular formula is C24H18BrNO3. The number of hydrogen-bond donors (Lipinski definition) is 1. The summed E-state index contributed by atoms with van der Waals surface area (Å²) in [6.07, 6.45) is 0. The number of aliphatic hydroxyl groups is 1. The third-order valence-electron chi connectivity index (χ3n) is 4.97. The largest absolute Gasteiger partial charge is 0.507 e. The van der Waals surface area contributed by atoms with Crippen LogP contribution in [0.3, 0.4) is 0 Å². The lowest BCUT2D eigenvalue weighted by Gasteiger charge is -2.25. The molecule has 1 amide bonds. The van der Waals surface area contributed by atoms with Crippen LogP contribution in [0.4, 0.5) is 0 Å². The third-order valence-corrected chi connectivity index (χ3v) is 5.50. The Balaban J connectivity index is 1.86. The van der Waals surface area contributed by atoms with Gasteiger partial charge >= 0.3 is 0 Å². The molecule has 0 bridgehead atoms. The second-order valence-corrected chi connectivity index (χ2v) is 7.75. The predicted octanol–water partition coefficient (Wildman–Crippen LogP) is 5.07. The minimum Gasteiger partial charge on any atom is -0.507 e. The van der Waals surface area contributed by atoms with E-state index in [1.54, 1.807) is 24.3 Å². The number of amides is 1. The van der Waals surface area contributed by atoms with E-state index in [4.69, 9.17) is 0 Å². The molecule has 0 aromatic heterocycles. The zero-order valence-electron chi connectivity index (χ0n) is 15.5. The first kappa shape index (κ1) is 19.2. The summed E-state index contributed by atoms with van der Waals surface area (Å²) in [5.41, 5.74) is 2.30. The number of likely N-dealkylation sites (tertiary alicyclic amines) is 1. The van der Waals surface area contributed by atoms with Gasteiger partial charge in [-0.3, -0.25) is 9.59 Å². The Hall–Kier alpha value is -3.18. The lowest BCUT2D eigenvalue weighted by molar-refractivity contribution is -0.140. The fraction of sp³-hybridized carbons (Fsp3) is 0.0833. The van der Waals surface area contributed by atoms with E-state index in [2.05, 4.69) is 15.9 Å². The highest BCUT2D eigenvalue weighted by Crippen LogP contribution is 2.40. The first-order valence-corrected chi connectivity index (χ1v) is 9.99. The molecule has 4 nitrogen and oxygen atoms in total. The normalized spacial score (nSPS) is 18.2. The number of rotatable bonds is 4. The van der Waals surface area contributed by atoms with Crippen LogP contribution in [0.25, 0.3) is 5.76 Å². The number of hydrogen-bond acceptors (Lipinski definition) is 3. The molecule has 144 valence electrons. The Labute approximate surface area is 177 Å². The third kappa shape index (κ3) is 3.74. The van der Waals surface area contributed by atoms with Crippen LogP contribution in [0.1, 0.15) is 22.7 Å². The average molecular weight is 448 g/mol. The van der Waals surface area contributed by atoms with E-state index in [-0.39, 0.29) is 17.9 Å². The maximum atomic E-state index is 13.0. The number of ketones is 1. The molecule has 0 spiro atoms. The fourth-order valence-electron chi connectivity index (χ4n) is 3.57. The topological polar surface area (TPSA) is 57.6 Å². The van der Waals surface area contributed by atoms with E-state index in [1.165, 1.54) is 4.90 Å². The first-order chi connectivity index (χ1) is 14.1. The zero-order chi connectivity index (χ0) is 20.4. The molecular weight excluding hydrogens is 430 g/mol. The van der Waals surface area contributed by atoms with Gasteiger partial charge in [0.25, 0.3) is 11.7 Å². The Morgan fingerprint density at radius 3 is 2.07 bits per heavy atom. The molecule has 0 unspecified atom stereocenters. The summed E-state index contributed by atoms with van der Waals surface area (Å²) in [6, 6.07) is 25.1. The standard InChI is InChI=1S/C24H18BrNO3/c25-19-13-11-17(12-14-19)21-20(22(27)18-9-5-2-6-10-18)23(28)24(29)26(21)15-16-7-3-1-4-8-16/h1-14,21,27H,15H2/b22-20+/t21-/m0/s1. The van der Waals surface area contributed by atoms with Crippen molar-refractivity contribution in [2.24, 2.45) is 0 Å². The highest BCUT2D eigenvalue weighted by Gasteiger charge is 2.45. The van der Waals surface area contributed by atoms with E-state index < -0.39 is 17.7 Å². The summed E-state index contributed by atoms with van der Waals surface area (Å²) in [7, 11) is 0. The van der Waals surface area contributed by atoms with Crippen LogP contribution in [0, 0.1) is 0 Å². The van der Waals surface area contributed by atoms with E-state index in [0.29, 0.717) is 5.56 Å². The Bertz CT molecular complexity index is 1080. The van der Waals surface area contributed by atoms with Gasteiger partial charge in [-0.05, 0) is 23.3 Å². The number of carbonyl (C=O) groups is 2. The van der Waals surface area contributed by atoms with Crippen LogP contribution in [-0.4, -0.2) is 21.7 Å². The summed E-state index contributed by atoms with van der Waals surface area (Å²) in [5.74, 6) is -1.44. The van der Waals surface area contributed by atoms with Gasteiger partial charge in [0.15, 0.2) is 0 Å². The summed E-state index contributed by atoms with van der Waals surface area (Å²) in [5, 5.41) is 10.9. The molecule has 0 aliphatic carbocycles. The van der Waals surface area contributed by atoms with E-state index in [0.717, 1.165) is 15.6 Å². The lowest BCUT2D eigenvalue weighted by Crippen LogP contribution is -2.29. The van der Waals surface area contributed by atoms with Gasteiger partial charge in [0.1, 0.15) is 5.76 Å². The second-order valence-electron chi connectivity index (χ2n) is 6.83. The maximum absolute atomic E-state index is 13.0. The van der Waals surface area contributed by atoms with Crippen LogP contribution in [0.2, 0.25) is 0 Å². The predicted molar refractivity (Wildman–Crippen MR) is 115 cm³/mol. The molecule has 5 heteroatoms. The number of aliphatic hydroxyl groups excluding tert-OH is 1. The highest BCUT2D eigenvalue weighted by atomic mass is 79.9. The van der Waals surface area contributed by atoms with Crippen LogP contribution >= 0.6 is 15.9 Å². The van der Waals surface area contributed by atoms with Gasteiger partial charge in [0.2, 0.25) is 0 Å². The summed E-state index contributed by atoms with van der Waals surface area (Å²) in [6.45, 7) is 0.276. The number of Topliss-reactive ketones (excluding diaryl/α,β-unsaturated/α-hetero) is 1. The van der Waals surface area contributed by atoms with Crippen LogP contribution in [0.5, 0.6) is 0 Å². The van der Waals surface area contributed by atoms with Crippen LogP contribution in [-0.2, 0) is 16.1 Å². The van der Waals surface area contributed by atoms with Crippen molar-refractivity contribution in [3.8, 4) is 0 Å². The van der Waals surface area contributed by atoms with Crippen molar-refractivity contribution in [3.63, 3.8) is 0 Å². The monoisotopic (exact) mass is 447 g/mol. The number of nitrogens with zero attached hydrogens (tertiary/aromatic N) is 1. The molecule has 1 N–H and O–H groups in total. The van der Waals surface area contributed by atoms with Gasteiger partial charge in [-0.1, -0.05) is 88.7 Å². The van der Waals surface area contributed by atoms with Gasteiger partial charge in [0, 0.05) is 16.6 Å². The molecule has 1 fully saturated rings. The molecule has 3 aromatic carbocycles. The van der Waals surface area contributed by atoms with Gasteiger partial charge < -0.3 is 10.0 Å². The van der Waals surface area contributed by atoms with Crippen molar-refractivity contribution in [2.75, 3.05) is 0 Å². The Morgan fingerprint density at radius 2 is 1.45 bits per heavy atom. The molecule has 4 rings (SSSR count). The van der Waals surface area contributed by atoms with E-state index in [9.17, 15) is 14.7 Å². The molecule has 0 saturated carbocycles. The van der Waals surface area contributed by atoms with Gasteiger partial charge in [0.05, 0.1) is 11.6 Å². The Morgan fingerprint density at radius 1 is 0.862 bits per heavy atom. The Kier molecular flexibility index (Phi) is 5.32. The molecule has 0 radical (unpaired) electrons. The number of carbonyl (C=O) groups excluding carboxylic acids is 2. The number of benzene rings is 3. The minimum atomic E-state index is -0.671. The van der Waals surface area contributed by atoms with Gasteiger partial charge in [-0.25, -0.2) is 0 Å². The van der Waals surface area contributed by atoms with Crippen molar-refractivity contribution < 1.29 is 14.7 Å². The average Bonchev–Trinajstić information content (AvgIpc) is 3.00. The zero-order valence-corrected chi connectivity index (χ0v) is 17.0. The highest BCUT2D eigenvalue weighted by molar-refractivity contribution is 9.10. The quantitative estimate of drug-likeness (QED) is 0.345. The van der Waals surface area contributed by atoms with Crippen LogP contribution < -0.4 is 0 Å². The molecule has 3 aromatic rings. The maximum Gasteiger partial charge on any atom is 0.295 e. The van der Waals surface area contributed by atoms with Crippen molar-refractivity contribution >= 4 is 33.4 Å². The summed E-state index contributed by atoms with van der Waals surface area (Å²) in [4.78, 5) is 27.4. The molecule has 29 heavy (non-hydrogen) atoms. The molecule has 1 heterocycles. The van der Waals surface area contributed by atoms with Gasteiger partial charge in [-0.15, -0.1) is 0 Å². The minimum absolute atomic E-state index is 0.111. The van der Waals surface area contributed by atoms with E-state index >= 15 is 0 Å². The van der Waals surface area contributed by atoms with Crippen molar-refractivity contribution in [2.45, 2.75) is 12.6 Å². The second kappa shape index (κ2) is 8.05. The fourth-order valence-corrected chi connectivity index (χ4v) is 3.83. The lowest BCUT2D eigenvalue weighted by atomic mass is 9.95. The SMILES string of the molecule is O=C1C(=O)N(Cc2ccccc2)[C@@H](c2ccc(Br)cc2)/C1=C(\O)c1ccccc1. The summed E-state index contributed by atoms with van der Waals surface area (Å²) < 4.78 is 0.893. The number of halogens is 1. The smallest absolute Gasteiger partial charge is 0.295 e. The molecule has 1 aliphatic heterocycles. The molecule has 1 atom stereocenters. The molecule has 1 aliphatic rings. The first-order valence-electron chi connectivity index (χ1n) is 9.19. The van der Waals surface area contributed by atoms with Crippen molar-refractivity contribution in [3.05, 3.63) is 112 Å². The summed E-state index contributed by atoms with van der Waals surface area (Å²) >= 11 is 3.42. The van der Waals surface area contributed by atoms with Crippen molar-refractivity contribution in [1.29, 1.82) is 0 Å². The van der Waals surface area contributed by atoms with Crippen LogP contribution in [0.15, 0.2) is 95.0 Å². The van der Waals surface area contributed by atoms with E-state index in [1.807, 2.05) is 60.7 Å². The van der Waals surface area contributed by atoms with Crippen molar-refractivity contribution in [1.82, 2.24) is 4.90 Å². The molecule has 1 saturated heterocycles. The van der Waals surface area contributed by atoms with Gasteiger partial charge in [-0.2, -0.15) is 0 Å².